The molecule has 1 aromatic carbocycles. The molecule has 1 aliphatic rings. The lowest BCUT2D eigenvalue weighted by Crippen LogP contribution is -2.26. The van der Waals surface area contributed by atoms with Gasteiger partial charge in [-0.25, -0.2) is 16.8 Å². The predicted molar refractivity (Wildman–Crippen MR) is 103 cm³/mol. The van der Waals surface area contributed by atoms with Crippen LogP contribution in [0.2, 0.25) is 0 Å². The Morgan fingerprint density at radius 1 is 1.07 bits per heavy atom. The van der Waals surface area contributed by atoms with Crippen molar-refractivity contribution in [3.05, 3.63) is 23.3 Å². The summed E-state index contributed by atoms with van der Waals surface area (Å²) in [7, 11) is -7.76. The van der Waals surface area contributed by atoms with Gasteiger partial charge in [0.15, 0.2) is 25.6 Å². The minimum absolute atomic E-state index is 0.0195. The molecule has 0 spiro atoms. The molecule has 0 heterocycles. The van der Waals surface area contributed by atoms with Gasteiger partial charge in [0.2, 0.25) is 0 Å². The van der Waals surface area contributed by atoms with Gasteiger partial charge in [-0.3, -0.25) is 4.79 Å². The van der Waals surface area contributed by atoms with Crippen LogP contribution in [-0.4, -0.2) is 40.2 Å². The summed E-state index contributed by atoms with van der Waals surface area (Å²) in [6, 6.07) is 2.37. The molecule has 27 heavy (non-hydrogen) atoms. The molecule has 1 aliphatic carbocycles. The molecular weight excluding hydrogens is 390 g/mol. The summed E-state index contributed by atoms with van der Waals surface area (Å²) >= 11 is 0. The van der Waals surface area contributed by atoms with Crippen LogP contribution in [0.25, 0.3) is 0 Å². The fourth-order valence-electron chi connectivity index (χ4n) is 3.34. The predicted octanol–water partition coefficient (Wildman–Crippen LogP) is 1.17. The van der Waals surface area contributed by atoms with Crippen molar-refractivity contribution in [2.75, 3.05) is 6.26 Å². The van der Waals surface area contributed by atoms with Crippen LogP contribution in [0.4, 0.5) is 0 Å². The van der Waals surface area contributed by atoms with E-state index in [-0.39, 0.29) is 15.4 Å². The van der Waals surface area contributed by atoms with Gasteiger partial charge in [0, 0.05) is 11.8 Å². The van der Waals surface area contributed by atoms with Gasteiger partial charge in [-0.2, -0.15) is 4.99 Å². The van der Waals surface area contributed by atoms with E-state index in [2.05, 4.69) is 4.99 Å². The zero-order valence-electron chi connectivity index (χ0n) is 15.4. The van der Waals surface area contributed by atoms with E-state index in [1.807, 2.05) is 0 Å². The molecule has 0 unspecified atom stereocenters. The summed E-state index contributed by atoms with van der Waals surface area (Å²) in [5.74, 6) is -1.26. The summed E-state index contributed by atoms with van der Waals surface area (Å²) < 4.78 is 51.0. The number of carbonyl (C=O) groups is 1. The van der Waals surface area contributed by atoms with E-state index in [4.69, 9.17) is 11.5 Å². The van der Waals surface area contributed by atoms with Crippen LogP contribution in [0.5, 0.6) is 0 Å². The zero-order chi connectivity index (χ0) is 20.4. The first-order chi connectivity index (χ1) is 12.5. The molecule has 4 N–H and O–H groups in total. The molecule has 1 aromatic rings. The molecule has 150 valence electrons. The summed E-state index contributed by atoms with van der Waals surface area (Å²) in [6.45, 7) is 1.73. The Hall–Kier alpha value is -1.94. The van der Waals surface area contributed by atoms with Gasteiger partial charge < -0.3 is 11.5 Å². The molecule has 0 saturated heterocycles. The Labute approximate surface area is 159 Å². The summed E-state index contributed by atoms with van der Waals surface area (Å²) in [4.78, 5) is 15.1. The van der Waals surface area contributed by atoms with Crippen LogP contribution in [-0.2, 0) is 26.1 Å². The van der Waals surface area contributed by atoms with E-state index in [0.717, 1.165) is 31.6 Å². The first kappa shape index (κ1) is 21.4. The van der Waals surface area contributed by atoms with Crippen LogP contribution in [0.3, 0.4) is 0 Å². The van der Waals surface area contributed by atoms with E-state index in [1.54, 1.807) is 6.92 Å². The summed E-state index contributed by atoms with van der Waals surface area (Å²) in [6.07, 6.45) is 4.79. The number of nitrogens with zero attached hydrogens (tertiary/aromatic N) is 1. The number of aryl methyl sites for hydroxylation is 1. The molecular formula is C17H25N3O5S2. The number of sulfone groups is 2. The van der Waals surface area contributed by atoms with Gasteiger partial charge in [0.1, 0.15) is 0 Å². The van der Waals surface area contributed by atoms with Crippen molar-refractivity contribution in [2.24, 2.45) is 16.5 Å². The smallest absolute Gasteiger partial charge is 0.280 e. The quantitative estimate of drug-likeness (QED) is 0.541. The van der Waals surface area contributed by atoms with E-state index < -0.39 is 36.8 Å². The second-order valence-corrected chi connectivity index (χ2v) is 10.9. The number of guanidine groups is 1. The van der Waals surface area contributed by atoms with Crippen molar-refractivity contribution in [2.45, 2.75) is 60.5 Å². The van der Waals surface area contributed by atoms with Gasteiger partial charge in [0.25, 0.3) is 5.91 Å². The molecule has 1 amide bonds. The molecule has 0 aromatic heterocycles. The Bertz CT molecular complexity index is 972. The van der Waals surface area contributed by atoms with Gasteiger partial charge in [-0.1, -0.05) is 26.2 Å². The van der Waals surface area contributed by atoms with Crippen molar-refractivity contribution in [1.82, 2.24) is 0 Å². The molecule has 0 aliphatic heterocycles. The lowest BCUT2D eigenvalue weighted by Gasteiger charge is -2.23. The second-order valence-electron chi connectivity index (χ2n) is 6.73. The number of carbonyl (C=O) groups excluding carboxylic acids is 1. The van der Waals surface area contributed by atoms with E-state index in [9.17, 15) is 21.6 Å². The van der Waals surface area contributed by atoms with Crippen molar-refractivity contribution >= 4 is 31.5 Å². The fourth-order valence-corrected chi connectivity index (χ4v) is 6.86. The maximum Gasteiger partial charge on any atom is 0.280 e. The second kappa shape index (κ2) is 7.97. The van der Waals surface area contributed by atoms with Gasteiger partial charge in [0.05, 0.1) is 15.0 Å². The molecule has 0 bridgehead atoms. The van der Waals surface area contributed by atoms with Crippen LogP contribution < -0.4 is 11.5 Å². The Morgan fingerprint density at radius 3 is 2.15 bits per heavy atom. The third-order valence-electron chi connectivity index (χ3n) is 4.71. The number of amides is 1. The molecule has 1 saturated carbocycles. The maximum absolute atomic E-state index is 13.2. The van der Waals surface area contributed by atoms with Crippen LogP contribution in [0.1, 0.15) is 54.9 Å². The zero-order valence-corrected chi connectivity index (χ0v) is 17.1. The first-order valence-corrected chi connectivity index (χ1v) is 12.2. The molecule has 10 heteroatoms. The minimum Gasteiger partial charge on any atom is -0.370 e. The van der Waals surface area contributed by atoms with Crippen LogP contribution in [0.15, 0.2) is 26.9 Å². The molecule has 2 rings (SSSR count). The fraction of sp³-hybridized carbons (Fsp3) is 0.529. The first-order valence-electron chi connectivity index (χ1n) is 8.73. The lowest BCUT2D eigenvalue weighted by atomic mass is 10.0. The number of benzene rings is 1. The molecule has 0 atom stereocenters. The summed E-state index contributed by atoms with van der Waals surface area (Å²) in [5, 5.41) is -0.615. The normalized spacial score (nSPS) is 16.1. The van der Waals surface area contributed by atoms with Crippen LogP contribution in [0, 0.1) is 0 Å². The third kappa shape index (κ3) is 4.67. The highest BCUT2D eigenvalue weighted by Gasteiger charge is 2.34. The monoisotopic (exact) mass is 415 g/mol. The van der Waals surface area contributed by atoms with Crippen molar-refractivity contribution in [1.29, 1.82) is 0 Å². The van der Waals surface area contributed by atoms with Crippen molar-refractivity contribution in [3.63, 3.8) is 0 Å². The average molecular weight is 416 g/mol. The van der Waals surface area contributed by atoms with Crippen molar-refractivity contribution in [3.8, 4) is 0 Å². The Morgan fingerprint density at radius 2 is 1.67 bits per heavy atom. The average Bonchev–Trinajstić information content (AvgIpc) is 2.59. The minimum atomic E-state index is -3.91. The molecule has 0 radical (unpaired) electrons. The maximum atomic E-state index is 13.2. The number of nitrogens with two attached hydrogens (primary N) is 2. The largest absolute Gasteiger partial charge is 0.370 e. The highest BCUT2D eigenvalue weighted by molar-refractivity contribution is 7.94. The lowest BCUT2D eigenvalue weighted by molar-refractivity contribution is 0.100. The molecule has 1 fully saturated rings. The topological polar surface area (TPSA) is 150 Å². The van der Waals surface area contributed by atoms with E-state index >= 15 is 0 Å². The van der Waals surface area contributed by atoms with Gasteiger partial charge in [-0.05, 0) is 37.0 Å². The van der Waals surface area contributed by atoms with Gasteiger partial charge >= 0.3 is 0 Å². The van der Waals surface area contributed by atoms with E-state index in [1.165, 1.54) is 6.07 Å². The Kier molecular flexibility index (Phi) is 6.31. The number of aliphatic imine (C=N–C) groups is 1. The van der Waals surface area contributed by atoms with E-state index in [0.29, 0.717) is 24.8 Å². The highest BCUT2D eigenvalue weighted by atomic mass is 32.2. The third-order valence-corrected chi connectivity index (χ3v) is 8.27. The summed E-state index contributed by atoms with van der Waals surface area (Å²) in [5.41, 5.74) is 10.8. The standard InChI is InChI=1S/C17H25N3O5S2/c1-3-11-9-15(27(24,25)12-7-5-4-6-8-12)14(26(2,22)23)10-13(11)16(21)20-17(18)19/h9-10,12H,3-8H2,1-2H3,(H4,18,19,20,21). The molecule has 8 nitrogen and oxygen atoms in total. The number of rotatable bonds is 5. The Balaban J connectivity index is 2.74. The highest BCUT2D eigenvalue weighted by Crippen LogP contribution is 2.34. The number of hydrogen-bond donors (Lipinski definition) is 2. The van der Waals surface area contributed by atoms with Gasteiger partial charge in [-0.15, -0.1) is 0 Å². The van der Waals surface area contributed by atoms with Crippen molar-refractivity contribution < 1.29 is 21.6 Å². The SMILES string of the molecule is CCc1cc(S(=O)(=O)C2CCCCC2)c(S(C)(=O)=O)cc1C(=O)N=C(N)N. The number of hydrogen-bond acceptors (Lipinski definition) is 5. The van der Waals surface area contributed by atoms with Crippen LogP contribution >= 0.6 is 0 Å².